The highest BCUT2D eigenvalue weighted by molar-refractivity contribution is 5.33. The number of fused-ring (bicyclic) bond motifs is 1. The van der Waals surface area contributed by atoms with Crippen LogP contribution in [0, 0.1) is 0 Å². The van der Waals surface area contributed by atoms with Gasteiger partial charge in [-0.3, -0.25) is 4.98 Å². The maximum Gasteiger partial charge on any atom is 0.0740 e. The maximum absolute atomic E-state index is 5.38. The predicted molar refractivity (Wildman–Crippen MR) is 50.4 cm³/mol. The zero-order chi connectivity index (χ0) is 9.10. The van der Waals surface area contributed by atoms with Gasteiger partial charge in [-0.05, 0) is 31.1 Å². The van der Waals surface area contributed by atoms with E-state index in [0.717, 1.165) is 26.2 Å². The predicted octanol–water partition coefficient (Wildman–Crippen LogP) is 0.874. The molecule has 0 bridgehead atoms. The highest BCUT2D eigenvalue weighted by atomic mass is 16.5. The standard InChI is InChI=1S/C10H14N2O/c1-11-3-2-8-4-12-5-9-6-13-7-10(8)9/h4-5,11H,2-3,6-7H2,1H3. The van der Waals surface area contributed by atoms with E-state index in [1.807, 2.05) is 19.4 Å². The van der Waals surface area contributed by atoms with E-state index in [1.165, 1.54) is 16.7 Å². The maximum atomic E-state index is 5.38. The smallest absolute Gasteiger partial charge is 0.0740 e. The zero-order valence-electron chi connectivity index (χ0n) is 7.84. The van der Waals surface area contributed by atoms with Crippen molar-refractivity contribution in [1.29, 1.82) is 0 Å². The van der Waals surface area contributed by atoms with Crippen molar-refractivity contribution in [2.45, 2.75) is 19.6 Å². The normalized spacial score (nSPS) is 14.5. The Morgan fingerprint density at radius 3 is 3.23 bits per heavy atom. The molecular formula is C10H14N2O. The summed E-state index contributed by atoms with van der Waals surface area (Å²) in [5.74, 6) is 0. The molecule has 1 aromatic rings. The number of ether oxygens (including phenoxy) is 1. The number of likely N-dealkylation sites (N-methyl/N-ethyl adjacent to an activating group) is 1. The molecule has 0 fully saturated rings. The van der Waals surface area contributed by atoms with Crippen molar-refractivity contribution in [3.63, 3.8) is 0 Å². The molecule has 3 heteroatoms. The summed E-state index contributed by atoms with van der Waals surface area (Å²) in [4.78, 5) is 4.20. The van der Waals surface area contributed by atoms with E-state index in [1.54, 1.807) is 0 Å². The third-order valence-electron chi connectivity index (χ3n) is 2.38. The summed E-state index contributed by atoms with van der Waals surface area (Å²) in [6, 6.07) is 0. The van der Waals surface area contributed by atoms with Crippen molar-refractivity contribution < 1.29 is 4.74 Å². The average molecular weight is 178 g/mol. The van der Waals surface area contributed by atoms with Crippen molar-refractivity contribution in [2.75, 3.05) is 13.6 Å². The Morgan fingerprint density at radius 2 is 2.38 bits per heavy atom. The topological polar surface area (TPSA) is 34.2 Å². The summed E-state index contributed by atoms with van der Waals surface area (Å²) in [6.45, 7) is 2.49. The summed E-state index contributed by atoms with van der Waals surface area (Å²) in [7, 11) is 1.97. The number of aromatic nitrogens is 1. The van der Waals surface area contributed by atoms with Crippen LogP contribution in [0.25, 0.3) is 0 Å². The lowest BCUT2D eigenvalue weighted by molar-refractivity contribution is 0.134. The van der Waals surface area contributed by atoms with Gasteiger partial charge in [-0.2, -0.15) is 0 Å². The lowest BCUT2D eigenvalue weighted by Gasteiger charge is -2.05. The van der Waals surface area contributed by atoms with Crippen molar-refractivity contribution >= 4 is 0 Å². The Kier molecular flexibility index (Phi) is 2.57. The molecule has 13 heavy (non-hydrogen) atoms. The molecular weight excluding hydrogens is 164 g/mol. The first-order valence-electron chi connectivity index (χ1n) is 4.59. The fourth-order valence-electron chi connectivity index (χ4n) is 1.63. The van der Waals surface area contributed by atoms with Gasteiger partial charge in [0.1, 0.15) is 0 Å². The summed E-state index contributed by atoms with van der Waals surface area (Å²) >= 11 is 0. The molecule has 0 aromatic carbocycles. The van der Waals surface area contributed by atoms with E-state index >= 15 is 0 Å². The molecule has 0 unspecified atom stereocenters. The van der Waals surface area contributed by atoms with E-state index in [2.05, 4.69) is 10.3 Å². The second-order valence-corrected chi connectivity index (χ2v) is 3.28. The minimum Gasteiger partial charge on any atom is -0.372 e. The van der Waals surface area contributed by atoms with Crippen LogP contribution in [0.4, 0.5) is 0 Å². The van der Waals surface area contributed by atoms with Crippen LogP contribution >= 0.6 is 0 Å². The molecule has 0 atom stereocenters. The van der Waals surface area contributed by atoms with Gasteiger partial charge in [0.05, 0.1) is 13.2 Å². The minimum absolute atomic E-state index is 0.732. The Morgan fingerprint density at radius 1 is 1.46 bits per heavy atom. The number of nitrogens with one attached hydrogen (secondary N) is 1. The van der Waals surface area contributed by atoms with Crippen LogP contribution in [-0.4, -0.2) is 18.6 Å². The van der Waals surface area contributed by atoms with Crippen molar-refractivity contribution in [1.82, 2.24) is 10.3 Å². The molecule has 0 aliphatic carbocycles. The third kappa shape index (κ3) is 1.71. The summed E-state index contributed by atoms with van der Waals surface area (Å²) in [6.07, 6.45) is 4.89. The summed E-state index contributed by atoms with van der Waals surface area (Å²) < 4.78 is 5.38. The van der Waals surface area contributed by atoms with Gasteiger partial charge < -0.3 is 10.1 Å². The van der Waals surface area contributed by atoms with Gasteiger partial charge in [0.25, 0.3) is 0 Å². The van der Waals surface area contributed by atoms with Gasteiger partial charge in [0.2, 0.25) is 0 Å². The van der Waals surface area contributed by atoms with Crippen LogP contribution in [0.3, 0.4) is 0 Å². The molecule has 1 aliphatic heterocycles. The molecule has 70 valence electrons. The van der Waals surface area contributed by atoms with Crippen molar-refractivity contribution in [3.05, 3.63) is 29.1 Å². The largest absolute Gasteiger partial charge is 0.372 e. The molecule has 1 aromatic heterocycles. The van der Waals surface area contributed by atoms with E-state index in [9.17, 15) is 0 Å². The molecule has 2 rings (SSSR count). The lowest BCUT2D eigenvalue weighted by Crippen LogP contribution is -2.11. The van der Waals surface area contributed by atoms with E-state index in [0.29, 0.717) is 0 Å². The molecule has 3 nitrogen and oxygen atoms in total. The molecule has 0 spiro atoms. The van der Waals surface area contributed by atoms with Crippen molar-refractivity contribution in [3.8, 4) is 0 Å². The number of pyridine rings is 1. The molecule has 0 amide bonds. The Hall–Kier alpha value is -0.930. The monoisotopic (exact) mass is 178 g/mol. The number of nitrogens with zero attached hydrogens (tertiary/aromatic N) is 1. The second-order valence-electron chi connectivity index (χ2n) is 3.28. The lowest BCUT2D eigenvalue weighted by atomic mass is 10.0. The molecule has 1 N–H and O–H groups in total. The fraction of sp³-hybridized carbons (Fsp3) is 0.500. The zero-order valence-corrected chi connectivity index (χ0v) is 7.84. The van der Waals surface area contributed by atoms with Gasteiger partial charge in [-0.25, -0.2) is 0 Å². The first-order chi connectivity index (χ1) is 6.42. The molecule has 0 saturated heterocycles. The summed E-state index contributed by atoms with van der Waals surface area (Å²) in [5.41, 5.74) is 3.93. The van der Waals surface area contributed by atoms with Gasteiger partial charge >= 0.3 is 0 Å². The van der Waals surface area contributed by atoms with Gasteiger partial charge in [0, 0.05) is 18.0 Å². The van der Waals surface area contributed by atoms with Gasteiger partial charge in [0.15, 0.2) is 0 Å². The van der Waals surface area contributed by atoms with Crippen LogP contribution in [0.15, 0.2) is 12.4 Å². The minimum atomic E-state index is 0.732. The highest BCUT2D eigenvalue weighted by Crippen LogP contribution is 2.22. The van der Waals surface area contributed by atoms with E-state index in [4.69, 9.17) is 4.74 Å². The molecule has 0 saturated carbocycles. The third-order valence-corrected chi connectivity index (χ3v) is 2.38. The molecule has 1 aliphatic rings. The average Bonchev–Trinajstić information content (AvgIpc) is 2.62. The van der Waals surface area contributed by atoms with Gasteiger partial charge in [-0.15, -0.1) is 0 Å². The van der Waals surface area contributed by atoms with Crippen LogP contribution < -0.4 is 5.32 Å². The first-order valence-corrected chi connectivity index (χ1v) is 4.59. The second kappa shape index (κ2) is 3.85. The quantitative estimate of drug-likeness (QED) is 0.746. The molecule has 0 radical (unpaired) electrons. The number of rotatable bonds is 3. The highest BCUT2D eigenvalue weighted by Gasteiger charge is 2.14. The van der Waals surface area contributed by atoms with Crippen molar-refractivity contribution in [2.24, 2.45) is 0 Å². The number of hydrogen-bond acceptors (Lipinski definition) is 3. The Labute approximate surface area is 78.1 Å². The van der Waals surface area contributed by atoms with Crippen LogP contribution in [0.1, 0.15) is 16.7 Å². The fourth-order valence-corrected chi connectivity index (χ4v) is 1.63. The van der Waals surface area contributed by atoms with Crippen LogP contribution in [0.5, 0.6) is 0 Å². The van der Waals surface area contributed by atoms with E-state index in [-0.39, 0.29) is 0 Å². The van der Waals surface area contributed by atoms with E-state index < -0.39 is 0 Å². The SMILES string of the molecule is CNCCc1cncc2c1COC2. The van der Waals surface area contributed by atoms with Crippen LogP contribution in [0.2, 0.25) is 0 Å². The van der Waals surface area contributed by atoms with Crippen LogP contribution in [-0.2, 0) is 24.4 Å². The Balaban J connectivity index is 2.20. The summed E-state index contributed by atoms with van der Waals surface area (Å²) in [5, 5.41) is 3.14. The molecule has 2 heterocycles. The van der Waals surface area contributed by atoms with Gasteiger partial charge in [-0.1, -0.05) is 0 Å². The Bertz CT molecular complexity index is 299. The first kappa shape index (κ1) is 8.66. The number of hydrogen-bond donors (Lipinski definition) is 1.